The fourth-order valence-electron chi connectivity index (χ4n) is 3.31. The summed E-state index contributed by atoms with van der Waals surface area (Å²) in [6.07, 6.45) is -6.46. The van der Waals surface area contributed by atoms with E-state index in [2.05, 4.69) is 0 Å². The Hall–Kier alpha value is -0.420. The molecule has 0 radical (unpaired) electrons. The van der Waals surface area contributed by atoms with Crippen LogP contribution in [0.4, 0.5) is 26.3 Å². The number of hydrogen-bond acceptors (Lipinski definition) is 0. The molecule has 0 amide bonds. The highest BCUT2D eigenvalue weighted by atomic mass is 19.4. The maximum Gasteiger partial charge on any atom is 0.395 e. The van der Waals surface area contributed by atoms with Gasteiger partial charge in [-0.15, -0.1) is 0 Å². The van der Waals surface area contributed by atoms with Crippen LogP contribution in [0.2, 0.25) is 0 Å². The molecule has 2 aliphatic rings. The van der Waals surface area contributed by atoms with Crippen LogP contribution in [-0.4, -0.2) is 12.4 Å². The lowest BCUT2D eigenvalue weighted by atomic mass is 9.77. The maximum atomic E-state index is 12.4. The molecule has 0 heterocycles. The lowest BCUT2D eigenvalue weighted by molar-refractivity contribution is -0.215. The number of rotatable bonds is 1. The van der Waals surface area contributed by atoms with Gasteiger partial charge >= 0.3 is 12.4 Å². The molecule has 0 unspecified atom stereocenters. The van der Waals surface area contributed by atoms with Gasteiger partial charge in [0.05, 0.1) is 10.8 Å². The first kappa shape index (κ1) is 20.6. The molecule has 138 valence electrons. The van der Waals surface area contributed by atoms with Crippen molar-refractivity contribution >= 4 is 0 Å². The molecule has 0 atom stereocenters. The van der Waals surface area contributed by atoms with Crippen molar-refractivity contribution < 1.29 is 26.3 Å². The van der Waals surface area contributed by atoms with Crippen LogP contribution in [0, 0.1) is 21.7 Å². The molecule has 0 N–H and O–H groups in total. The van der Waals surface area contributed by atoms with Crippen LogP contribution < -0.4 is 0 Å². The minimum Gasteiger partial charge on any atom is -0.171 e. The van der Waals surface area contributed by atoms with E-state index in [4.69, 9.17) is 0 Å². The molecule has 0 saturated heterocycles. The molecule has 0 nitrogen and oxygen atoms in total. The lowest BCUT2D eigenvalue weighted by Crippen LogP contribution is -2.36. The minimum absolute atomic E-state index is 0.216. The first-order valence-corrected chi connectivity index (χ1v) is 8.01. The van der Waals surface area contributed by atoms with Crippen LogP contribution in [0.15, 0.2) is 0 Å². The fourth-order valence-corrected chi connectivity index (χ4v) is 3.31. The summed E-state index contributed by atoms with van der Waals surface area (Å²) in [7, 11) is 0. The van der Waals surface area contributed by atoms with Crippen molar-refractivity contribution in [3.63, 3.8) is 0 Å². The third-order valence-corrected chi connectivity index (χ3v) is 5.05. The highest BCUT2D eigenvalue weighted by molar-refractivity contribution is 5.06. The van der Waals surface area contributed by atoms with Crippen LogP contribution in [0.5, 0.6) is 0 Å². The van der Waals surface area contributed by atoms with Crippen molar-refractivity contribution in [3.8, 4) is 0 Å². The van der Waals surface area contributed by atoms with Gasteiger partial charge in [-0.2, -0.15) is 26.3 Å². The molecule has 0 spiro atoms. The maximum absolute atomic E-state index is 12.4. The van der Waals surface area contributed by atoms with E-state index in [1.807, 2.05) is 20.8 Å². The van der Waals surface area contributed by atoms with Crippen molar-refractivity contribution in [1.82, 2.24) is 0 Å². The summed E-state index contributed by atoms with van der Waals surface area (Å²) in [6.45, 7) is 10.6. The Kier molecular flexibility index (Phi) is 4.98. The normalized spacial score (nSPS) is 23.0. The van der Waals surface area contributed by atoms with Crippen LogP contribution in [0.3, 0.4) is 0 Å². The van der Waals surface area contributed by atoms with E-state index in [0.29, 0.717) is 25.7 Å². The Labute approximate surface area is 135 Å². The SMILES string of the molecule is CC(C)(C)C1(C(F)(F)F)CC1.CC(C)(C)CC1(C(F)(F)F)CC1. The van der Waals surface area contributed by atoms with Crippen molar-refractivity contribution in [2.75, 3.05) is 0 Å². The Morgan fingerprint density at radius 3 is 1.09 bits per heavy atom. The number of hydrogen-bond donors (Lipinski definition) is 0. The molecule has 23 heavy (non-hydrogen) atoms. The Morgan fingerprint density at radius 1 is 0.652 bits per heavy atom. The van der Waals surface area contributed by atoms with Crippen molar-refractivity contribution in [1.29, 1.82) is 0 Å². The zero-order valence-electron chi connectivity index (χ0n) is 14.8. The largest absolute Gasteiger partial charge is 0.395 e. The molecular weight excluding hydrogens is 318 g/mol. The van der Waals surface area contributed by atoms with E-state index in [9.17, 15) is 26.3 Å². The first-order chi connectivity index (χ1) is 9.87. The second-order valence-electron chi connectivity index (χ2n) is 9.35. The molecule has 0 aliphatic heterocycles. The van der Waals surface area contributed by atoms with E-state index in [1.165, 1.54) is 0 Å². The highest BCUT2D eigenvalue weighted by Crippen LogP contribution is 2.67. The standard InChI is InChI=1S/C9H15F3.C8H13F3/c1-7(2,3)6-8(4-5-8)9(10,11)12;1-6(2,3)7(4-5-7)8(9,10)11/h4-6H2,1-3H3;4-5H2,1-3H3. The first-order valence-electron chi connectivity index (χ1n) is 8.01. The zero-order chi connectivity index (χ0) is 18.5. The third kappa shape index (κ3) is 4.56. The van der Waals surface area contributed by atoms with Crippen LogP contribution >= 0.6 is 0 Å². The van der Waals surface area contributed by atoms with Gasteiger partial charge in [0.1, 0.15) is 0 Å². The predicted octanol–water partition coefficient (Wildman–Crippen LogP) is 7.14. The molecule has 0 aromatic rings. The molecule has 2 aliphatic carbocycles. The number of alkyl halides is 6. The van der Waals surface area contributed by atoms with Gasteiger partial charge in [-0.05, 0) is 42.9 Å². The minimum atomic E-state index is -4.01. The summed E-state index contributed by atoms with van der Waals surface area (Å²) in [5.74, 6) is 0. The van der Waals surface area contributed by atoms with Gasteiger partial charge < -0.3 is 0 Å². The topological polar surface area (TPSA) is 0 Å². The molecule has 0 aromatic heterocycles. The van der Waals surface area contributed by atoms with Crippen molar-refractivity contribution in [3.05, 3.63) is 0 Å². The van der Waals surface area contributed by atoms with E-state index in [0.717, 1.165) is 0 Å². The fraction of sp³-hybridized carbons (Fsp3) is 1.00. The molecule has 0 bridgehead atoms. The monoisotopic (exact) mass is 346 g/mol. The van der Waals surface area contributed by atoms with Crippen LogP contribution in [0.25, 0.3) is 0 Å². The van der Waals surface area contributed by atoms with Gasteiger partial charge in [0, 0.05) is 0 Å². The molecule has 2 saturated carbocycles. The summed E-state index contributed by atoms with van der Waals surface area (Å²) in [5, 5.41) is 0. The summed E-state index contributed by atoms with van der Waals surface area (Å²) in [6, 6.07) is 0. The second-order valence-corrected chi connectivity index (χ2v) is 9.35. The van der Waals surface area contributed by atoms with Gasteiger partial charge in [0.25, 0.3) is 0 Å². The van der Waals surface area contributed by atoms with E-state index >= 15 is 0 Å². The quantitative estimate of drug-likeness (QED) is 0.443. The Bertz CT molecular complexity index is 392. The zero-order valence-corrected chi connectivity index (χ0v) is 14.8. The molecule has 0 aromatic carbocycles. The molecule has 6 heteroatoms. The predicted molar refractivity (Wildman–Crippen MR) is 79.0 cm³/mol. The highest BCUT2D eigenvalue weighted by Gasteiger charge is 2.68. The van der Waals surface area contributed by atoms with Gasteiger partial charge in [-0.25, -0.2) is 0 Å². The molecule has 2 fully saturated rings. The summed E-state index contributed by atoms with van der Waals surface area (Å²) >= 11 is 0. The van der Waals surface area contributed by atoms with Gasteiger partial charge in [0.15, 0.2) is 0 Å². The van der Waals surface area contributed by atoms with Crippen molar-refractivity contribution in [2.45, 2.75) is 86.0 Å². The Balaban J connectivity index is 0.000000231. The van der Waals surface area contributed by atoms with E-state index < -0.39 is 28.6 Å². The Morgan fingerprint density at radius 2 is 1.04 bits per heavy atom. The smallest absolute Gasteiger partial charge is 0.171 e. The van der Waals surface area contributed by atoms with Gasteiger partial charge in [-0.1, -0.05) is 41.5 Å². The second kappa shape index (κ2) is 5.55. The van der Waals surface area contributed by atoms with Crippen LogP contribution in [-0.2, 0) is 0 Å². The van der Waals surface area contributed by atoms with Crippen LogP contribution in [0.1, 0.15) is 73.6 Å². The van der Waals surface area contributed by atoms with Crippen molar-refractivity contribution in [2.24, 2.45) is 21.7 Å². The lowest BCUT2D eigenvalue weighted by Gasteiger charge is -2.32. The average molecular weight is 346 g/mol. The van der Waals surface area contributed by atoms with E-state index in [1.54, 1.807) is 20.8 Å². The molecular formula is C17H28F6. The summed E-state index contributed by atoms with van der Waals surface area (Å²) in [5.41, 5.74) is -3.55. The van der Waals surface area contributed by atoms with Gasteiger partial charge in [-0.3, -0.25) is 0 Å². The van der Waals surface area contributed by atoms with E-state index in [-0.39, 0.29) is 11.8 Å². The number of halogens is 6. The molecule has 2 rings (SSSR count). The average Bonchev–Trinajstić information content (AvgIpc) is 3.05. The summed E-state index contributed by atoms with van der Waals surface area (Å²) < 4.78 is 74.5. The van der Waals surface area contributed by atoms with Gasteiger partial charge in [0.2, 0.25) is 0 Å². The third-order valence-electron chi connectivity index (χ3n) is 5.05. The summed E-state index contributed by atoms with van der Waals surface area (Å²) in [4.78, 5) is 0.